The molecule has 3 N–H and O–H groups in total. The van der Waals surface area contributed by atoms with Crippen LogP contribution in [0.4, 0.5) is 0 Å². The number of methoxy groups -OCH3 is 1. The van der Waals surface area contributed by atoms with Gasteiger partial charge in [-0.15, -0.1) is 0 Å². The molecule has 25 heavy (non-hydrogen) atoms. The normalized spacial score (nSPS) is 10.9. The monoisotopic (exact) mass is 343 g/mol. The van der Waals surface area contributed by atoms with Crippen LogP contribution in [-0.2, 0) is 16.1 Å². The molecule has 2 aromatic carbocycles. The van der Waals surface area contributed by atoms with Gasteiger partial charge in [-0.05, 0) is 47.9 Å². The molecule has 0 saturated heterocycles. The van der Waals surface area contributed by atoms with Crippen LogP contribution >= 0.6 is 0 Å². The number of carbonyl (C=O) groups is 1. The quantitative estimate of drug-likeness (QED) is 0.368. The molecule has 6 heteroatoms. The molecule has 0 bridgehead atoms. The average molecular weight is 343 g/mol. The number of carbonyl (C=O) groups excluding carboxylic acids is 1. The molecule has 0 unspecified atom stereocenters. The van der Waals surface area contributed by atoms with Crippen molar-refractivity contribution in [2.75, 3.05) is 20.3 Å². The standard InChI is InChI=1S/C19H21NO5/c1-24-19-12-15(5-9-18(19)23)4-8-17(22)13-25-20-11-10-14-2-6-16(21)7-3-14/h2-9,12,20-21,23H,10-11,13H2,1H3. The van der Waals surface area contributed by atoms with Gasteiger partial charge in [-0.3, -0.25) is 9.63 Å². The van der Waals surface area contributed by atoms with Crippen LogP contribution in [0.5, 0.6) is 17.2 Å². The van der Waals surface area contributed by atoms with Gasteiger partial charge in [-0.25, -0.2) is 5.48 Å². The van der Waals surface area contributed by atoms with Crippen molar-refractivity contribution >= 4 is 11.9 Å². The first kappa shape index (κ1) is 18.5. The maximum absolute atomic E-state index is 11.7. The van der Waals surface area contributed by atoms with Crippen LogP contribution in [0.15, 0.2) is 48.5 Å². The Morgan fingerprint density at radius 3 is 2.64 bits per heavy atom. The van der Waals surface area contributed by atoms with Crippen molar-refractivity contribution in [3.8, 4) is 17.2 Å². The average Bonchev–Trinajstić information content (AvgIpc) is 2.62. The van der Waals surface area contributed by atoms with Gasteiger partial charge >= 0.3 is 0 Å². The largest absolute Gasteiger partial charge is 0.508 e. The van der Waals surface area contributed by atoms with Gasteiger partial charge in [0.1, 0.15) is 12.4 Å². The van der Waals surface area contributed by atoms with E-state index >= 15 is 0 Å². The van der Waals surface area contributed by atoms with E-state index in [1.807, 2.05) is 12.1 Å². The number of ketones is 1. The first-order chi connectivity index (χ1) is 12.1. The summed E-state index contributed by atoms with van der Waals surface area (Å²) in [5.74, 6) is 0.439. The molecule has 0 spiro atoms. The summed E-state index contributed by atoms with van der Waals surface area (Å²) < 4.78 is 5.01. The number of aromatic hydroxyl groups is 2. The highest BCUT2D eigenvalue weighted by atomic mass is 16.6. The van der Waals surface area contributed by atoms with Crippen LogP contribution in [0.25, 0.3) is 6.08 Å². The second-order valence-electron chi connectivity index (χ2n) is 5.33. The zero-order chi connectivity index (χ0) is 18.1. The first-order valence-corrected chi connectivity index (χ1v) is 7.79. The number of hydrogen-bond donors (Lipinski definition) is 3. The predicted octanol–water partition coefficient (Wildman–Crippen LogP) is 2.45. The molecule has 0 saturated carbocycles. The number of phenols is 2. The molecule has 2 aromatic rings. The van der Waals surface area contributed by atoms with E-state index < -0.39 is 0 Å². The fraction of sp³-hybridized carbons (Fsp3) is 0.211. The highest BCUT2D eigenvalue weighted by Crippen LogP contribution is 2.26. The predicted molar refractivity (Wildman–Crippen MR) is 94.5 cm³/mol. The van der Waals surface area contributed by atoms with Crippen LogP contribution < -0.4 is 10.2 Å². The Bertz CT molecular complexity index is 725. The Labute approximate surface area is 146 Å². The van der Waals surface area contributed by atoms with Crippen molar-refractivity contribution in [2.24, 2.45) is 0 Å². The molecule has 0 aromatic heterocycles. The van der Waals surface area contributed by atoms with Gasteiger partial charge in [0, 0.05) is 6.54 Å². The van der Waals surface area contributed by atoms with Crippen molar-refractivity contribution in [1.82, 2.24) is 5.48 Å². The Hall–Kier alpha value is -2.83. The van der Waals surface area contributed by atoms with E-state index in [0.29, 0.717) is 12.3 Å². The van der Waals surface area contributed by atoms with Gasteiger partial charge in [0.2, 0.25) is 0 Å². The van der Waals surface area contributed by atoms with E-state index in [2.05, 4.69) is 5.48 Å². The van der Waals surface area contributed by atoms with Crippen LogP contribution in [-0.4, -0.2) is 36.3 Å². The summed E-state index contributed by atoms with van der Waals surface area (Å²) in [5, 5.41) is 18.7. The Kier molecular flexibility index (Phi) is 7.00. The van der Waals surface area contributed by atoms with E-state index in [0.717, 1.165) is 17.5 Å². The highest BCUT2D eigenvalue weighted by Gasteiger charge is 2.02. The molecular formula is C19H21NO5. The summed E-state index contributed by atoms with van der Waals surface area (Å²) in [6.45, 7) is 0.470. The fourth-order valence-corrected chi connectivity index (χ4v) is 2.09. The summed E-state index contributed by atoms with van der Waals surface area (Å²) in [6.07, 6.45) is 3.76. The van der Waals surface area contributed by atoms with Crippen molar-refractivity contribution in [3.05, 3.63) is 59.7 Å². The second-order valence-corrected chi connectivity index (χ2v) is 5.33. The molecule has 0 atom stereocenters. The van der Waals surface area contributed by atoms with Gasteiger partial charge in [0.05, 0.1) is 7.11 Å². The lowest BCUT2D eigenvalue weighted by Crippen LogP contribution is -2.21. The molecule has 0 heterocycles. The smallest absolute Gasteiger partial charge is 0.183 e. The lowest BCUT2D eigenvalue weighted by Gasteiger charge is -2.05. The summed E-state index contributed by atoms with van der Waals surface area (Å²) in [7, 11) is 1.46. The minimum absolute atomic E-state index is 0.0483. The zero-order valence-electron chi connectivity index (χ0n) is 13.9. The maximum atomic E-state index is 11.7. The third-order valence-electron chi connectivity index (χ3n) is 3.43. The minimum atomic E-state index is -0.191. The Morgan fingerprint density at radius 2 is 1.92 bits per heavy atom. The van der Waals surface area contributed by atoms with E-state index in [1.165, 1.54) is 19.3 Å². The number of nitrogens with one attached hydrogen (secondary N) is 1. The lowest BCUT2D eigenvalue weighted by molar-refractivity contribution is -0.121. The maximum Gasteiger partial charge on any atom is 0.183 e. The Balaban J connectivity index is 1.69. The molecule has 2 rings (SSSR count). The van der Waals surface area contributed by atoms with Gasteiger partial charge in [0.15, 0.2) is 17.3 Å². The van der Waals surface area contributed by atoms with Gasteiger partial charge in [-0.1, -0.05) is 24.3 Å². The number of ether oxygens (including phenoxy) is 1. The third kappa shape index (κ3) is 6.29. The lowest BCUT2D eigenvalue weighted by atomic mass is 10.1. The van der Waals surface area contributed by atoms with Gasteiger partial charge in [-0.2, -0.15) is 0 Å². The van der Waals surface area contributed by atoms with Gasteiger partial charge in [0.25, 0.3) is 0 Å². The summed E-state index contributed by atoms with van der Waals surface area (Å²) >= 11 is 0. The van der Waals surface area contributed by atoms with Crippen molar-refractivity contribution in [1.29, 1.82) is 0 Å². The van der Waals surface area contributed by atoms with E-state index in [9.17, 15) is 15.0 Å². The highest BCUT2D eigenvalue weighted by molar-refractivity contribution is 5.94. The van der Waals surface area contributed by atoms with Crippen molar-refractivity contribution < 1.29 is 24.6 Å². The molecule has 0 aliphatic rings. The molecule has 132 valence electrons. The third-order valence-corrected chi connectivity index (χ3v) is 3.43. The van der Waals surface area contributed by atoms with E-state index in [-0.39, 0.29) is 23.9 Å². The van der Waals surface area contributed by atoms with Crippen LogP contribution in [0.1, 0.15) is 11.1 Å². The molecule has 6 nitrogen and oxygen atoms in total. The number of benzene rings is 2. The molecule has 0 aliphatic carbocycles. The SMILES string of the molecule is COc1cc(C=CC(=O)CONCCc2ccc(O)cc2)ccc1O. The fourth-order valence-electron chi connectivity index (χ4n) is 2.09. The number of phenolic OH excluding ortho intramolecular Hbond substituents is 2. The number of rotatable bonds is 9. The summed E-state index contributed by atoms with van der Waals surface area (Å²) in [6, 6.07) is 11.7. The van der Waals surface area contributed by atoms with E-state index in [1.54, 1.807) is 30.3 Å². The molecular weight excluding hydrogens is 322 g/mol. The number of hydrogen-bond acceptors (Lipinski definition) is 6. The Morgan fingerprint density at radius 1 is 1.16 bits per heavy atom. The summed E-state index contributed by atoms with van der Waals surface area (Å²) in [4.78, 5) is 16.9. The molecule has 0 amide bonds. The van der Waals surface area contributed by atoms with Crippen molar-refractivity contribution in [3.63, 3.8) is 0 Å². The first-order valence-electron chi connectivity index (χ1n) is 7.79. The second kappa shape index (κ2) is 9.46. The van der Waals surface area contributed by atoms with Crippen molar-refractivity contribution in [2.45, 2.75) is 6.42 Å². The molecule has 0 aliphatic heterocycles. The minimum Gasteiger partial charge on any atom is -0.508 e. The topological polar surface area (TPSA) is 88.0 Å². The van der Waals surface area contributed by atoms with Crippen LogP contribution in [0.3, 0.4) is 0 Å². The summed E-state index contributed by atoms with van der Waals surface area (Å²) in [5.41, 5.74) is 4.53. The molecule has 0 fully saturated rings. The zero-order valence-corrected chi connectivity index (χ0v) is 13.9. The number of hydroxylamine groups is 1. The molecule has 0 radical (unpaired) electrons. The van der Waals surface area contributed by atoms with Gasteiger partial charge < -0.3 is 14.9 Å². The van der Waals surface area contributed by atoms with Crippen LogP contribution in [0.2, 0.25) is 0 Å². The van der Waals surface area contributed by atoms with Crippen LogP contribution in [0, 0.1) is 0 Å². The van der Waals surface area contributed by atoms with E-state index in [4.69, 9.17) is 9.57 Å².